The summed E-state index contributed by atoms with van der Waals surface area (Å²) in [5, 5.41) is 0. The SMILES string of the molecule is Cc1ccc(N=C=O)c(Oc2ccc(F)cc2C2(C(F)(F)F)CCO2)n1. The molecule has 0 saturated carbocycles. The third-order valence-corrected chi connectivity index (χ3v) is 3.99. The van der Waals surface area contributed by atoms with Crippen LogP contribution in [0.3, 0.4) is 0 Å². The molecular weight excluding hydrogens is 356 g/mol. The predicted molar refractivity (Wildman–Crippen MR) is 81.5 cm³/mol. The van der Waals surface area contributed by atoms with Crippen LogP contribution >= 0.6 is 0 Å². The summed E-state index contributed by atoms with van der Waals surface area (Å²) in [5.74, 6) is -1.35. The summed E-state index contributed by atoms with van der Waals surface area (Å²) in [7, 11) is 0. The lowest BCUT2D eigenvalue weighted by Gasteiger charge is -2.43. The molecule has 136 valence electrons. The van der Waals surface area contributed by atoms with E-state index in [9.17, 15) is 22.4 Å². The van der Waals surface area contributed by atoms with E-state index in [1.54, 1.807) is 13.0 Å². The summed E-state index contributed by atoms with van der Waals surface area (Å²) in [4.78, 5) is 18.0. The Bertz CT molecular complexity index is 888. The molecule has 1 unspecified atom stereocenters. The van der Waals surface area contributed by atoms with Crippen LogP contribution in [0.4, 0.5) is 23.2 Å². The fourth-order valence-corrected chi connectivity index (χ4v) is 2.64. The number of aliphatic imine (C=N–C) groups is 1. The van der Waals surface area contributed by atoms with Crippen molar-refractivity contribution in [1.29, 1.82) is 0 Å². The van der Waals surface area contributed by atoms with Crippen molar-refractivity contribution in [3.63, 3.8) is 0 Å². The number of benzene rings is 1. The number of hydrogen-bond acceptors (Lipinski definition) is 5. The third kappa shape index (κ3) is 3.07. The summed E-state index contributed by atoms with van der Waals surface area (Å²) >= 11 is 0. The smallest absolute Gasteiger partial charge is 0.421 e. The van der Waals surface area contributed by atoms with Crippen LogP contribution in [0.2, 0.25) is 0 Å². The fourth-order valence-electron chi connectivity index (χ4n) is 2.64. The molecule has 1 aliphatic rings. The molecule has 9 heteroatoms. The van der Waals surface area contributed by atoms with Gasteiger partial charge in [-0.3, -0.25) is 0 Å². The average Bonchev–Trinajstić information content (AvgIpc) is 2.50. The van der Waals surface area contributed by atoms with Crippen LogP contribution in [0.15, 0.2) is 35.3 Å². The van der Waals surface area contributed by atoms with E-state index in [1.165, 1.54) is 12.1 Å². The molecule has 1 fully saturated rings. The molecule has 1 aromatic carbocycles. The van der Waals surface area contributed by atoms with Crippen LogP contribution in [-0.2, 0) is 15.1 Å². The second-order valence-corrected chi connectivity index (χ2v) is 5.65. The molecule has 0 spiro atoms. The van der Waals surface area contributed by atoms with Crippen LogP contribution in [0.25, 0.3) is 0 Å². The Morgan fingerprint density at radius 2 is 2.04 bits per heavy atom. The van der Waals surface area contributed by atoms with Crippen LogP contribution in [0, 0.1) is 12.7 Å². The Balaban J connectivity index is 2.11. The first-order valence-electron chi connectivity index (χ1n) is 7.51. The first-order valence-corrected chi connectivity index (χ1v) is 7.51. The van der Waals surface area contributed by atoms with Gasteiger partial charge in [-0.1, -0.05) is 0 Å². The summed E-state index contributed by atoms with van der Waals surface area (Å²) in [5.41, 5.74) is -2.68. The van der Waals surface area contributed by atoms with Crippen molar-refractivity contribution in [2.45, 2.75) is 25.1 Å². The summed E-state index contributed by atoms with van der Waals surface area (Å²) in [6.07, 6.45) is -3.81. The van der Waals surface area contributed by atoms with E-state index < -0.39 is 23.2 Å². The number of aryl methyl sites for hydroxylation is 1. The molecule has 0 radical (unpaired) electrons. The van der Waals surface area contributed by atoms with Crippen LogP contribution < -0.4 is 4.74 Å². The molecule has 0 bridgehead atoms. The highest BCUT2D eigenvalue weighted by Crippen LogP contribution is 2.53. The molecule has 0 amide bonds. The van der Waals surface area contributed by atoms with Gasteiger partial charge in [-0.05, 0) is 37.3 Å². The zero-order valence-corrected chi connectivity index (χ0v) is 13.4. The summed E-state index contributed by atoms with van der Waals surface area (Å²) in [6, 6.07) is 5.69. The van der Waals surface area contributed by atoms with Gasteiger partial charge in [0, 0.05) is 17.7 Å². The minimum absolute atomic E-state index is 0.0172. The minimum Gasteiger partial charge on any atom is -0.437 e. The van der Waals surface area contributed by atoms with Crippen LogP contribution in [0.1, 0.15) is 17.7 Å². The molecule has 1 atom stereocenters. The maximum atomic E-state index is 13.7. The number of halogens is 4. The number of isocyanates is 1. The van der Waals surface area contributed by atoms with Gasteiger partial charge in [0.2, 0.25) is 12.0 Å². The van der Waals surface area contributed by atoms with Gasteiger partial charge in [0.15, 0.2) is 5.60 Å². The number of rotatable bonds is 4. The van der Waals surface area contributed by atoms with E-state index in [2.05, 4.69) is 9.98 Å². The second kappa shape index (κ2) is 6.51. The number of carbonyl (C=O) groups excluding carboxylic acids is 1. The topological polar surface area (TPSA) is 60.8 Å². The Labute approximate surface area is 145 Å². The van der Waals surface area contributed by atoms with E-state index in [1.807, 2.05) is 0 Å². The Morgan fingerprint density at radius 3 is 2.62 bits per heavy atom. The van der Waals surface area contributed by atoms with E-state index in [-0.39, 0.29) is 30.3 Å². The Hall–Kier alpha value is -2.77. The standard InChI is InChI=1S/C17H12F4N2O3/c1-10-2-4-13(22-9-24)15(23-10)26-14-5-3-11(18)8-12(14)16(6-7-25-16)17(19,20)21/h2-5,8H,6-7H2,1H3. The van der Waals surface area contributed by atoms with Gasteiger partial charge < -0.3 is 9.47 Å². The monoisotopic (exact) mass is 368 g/mol. The number of pyridine rings is 1. The lowest BCUT2D eigenvalue weighted by Crippen LogP contribution is -2.52. The lowest BCUT2D eigenvalue weighted by molar-refractivity contribution is -0.333. The van der Waals surface area contributed by atoms with E-state index in [4.69, 9.17) is 9.47 Å². The van der Waals surface area contributed by atoms with Crippen molar-refractivity contribution >= 4 is 11.8 Å². The highest BCUT2D eigenvalue weighted by Gasteiger charge is 2.62. The van der Waals surface area contributed by atoms with Crippen molar-refractivity contribution in [3.05, 3.63) is 47.4 Å². The predicted octanol–water partition coefficient (Wildman–Crippen LogP) is 4.47. The van der Waals surface area contributed by atoms with Crippen LogP contribution in [0.5, 0.6) is 11.6 Å². The highest BCUT2D eigenvalue weighted by molar-refractivity contribution is 5.56. The molecule has 2 aromatic rings. The van der Waals surface area contributed by atoms with Gasteiger partial charge in [-0.15, -0.1) is 0 Å². The first-order chi connectivity index (χ1) is 12.3. The van der Waals surface area contributed by atoms with Crippen molar-refractivity contribution in [2.75, 3.05) is 6.61 Å². The molecule has 1 aliphatic heterocycles. The van der Waals surface area contributed by atoms with Gasteiger partial charge >= 0.3 is 6.18 Å². The van der Waals surface area contributed by atoms with Gasteiger partial charge in [-0.2, -0.15) is 18.2 Å². The van der Waals surface area contributed by atoms with Crippen molar-refractivity contribution in [2.24, 2.45) is 4.99 Å². The van der Waals surface area contributed by atoms with Crippen molar-refractivity contribution in [3.8, 4) is 11.6 Å². The summed E-state index contributed by atoms with van der Waals surface area (Å²) in [6.45, 7) is 1.51. The molecule has 1 saturated heterocycles. The number of hydrogen-bond donors (Lipinski definition) is 0. The normalized spacial score (nSPS) is 19.4. The summed E-state index contributed by atoms with van der Waals surface area (Å²) < 4.78 is 64.7. The number of aromatic nitrogens is 1. The number of ether oxygens (including phenoxy) is 2. The van der Waals surface area contributed by atoms with Crippen LogP contribution in [-0.4, -0.2) is 23.8 Å². The molecular formula is C17H12F4N2O3. The van der Waals surface area contributed by atoms with E-state index in [0.717, 1.165) is 18.2 Å². The molecule has 1 aromatic heterocycles. The molecule has 5 nitrogen and oxygen atoms in total. The average molecular weight is 368 g/mol. The largest absolute Gasteiger partial charge is 0.437 e. The van der Waals surface area contributed by atoms with Gasteiger partial charge in [-0.25, -0.2) is 14.2 Å². The zero-order chi connectivity index (χ0) is 18.9. The Morgan fingerprint density at radius 1 is 1.31 bits per heavy atom. The number of alkyl halides is 3. The van der Waals surface area contributed by atoms with Gasteiger partial charge in [0.05, 0.1) is 6.61 Å². The van der Waals surface area contributed by atoms with Crippen molar-refractivity contribution in [1.82, 2.24) is 4.98 Å². The number of nitrogens with zero attached hydrogens (tertiary/aromatic N) is 2. The third-order valence-electron chi connectivity index (χ3n) is 3.99. The lowest BCUT2D eigenvalue weighted by atomic mass is 9.85. The Kier molecular flexibility index (Phi) is 4.52. The van der Waals surface area contributed by atoms with Gasteiger partial charge in [0.1, 0.15) is 17.3 Å². The molecule has 26 heavy (non-hydrogen) atoms. The molecule has 2 heterocycles. The van der Waals surface area contributed by atoms with Crippen molar-refractivity contribution < 1.29 is 31.8 Å². The molecule has 0 N–H and O–H groups in total. The fraction of sp³-hybridized carbons (Fsp3) is 0.294. The van der Waals surface area contributed by atoms with E-state index in [0.29, 0.717) is 5.69 Å². The quantitative estimate of drug-likeness (QED) is 0.454. The highest BCUT2D eigenvalue weighted by atomic mass is 19.4. The minimum atomic E-state index is -4.76. The maximum Gasteiger partial charge on any atom is 0.421 e. The first kappa shape index (κ1) is 18.0. The van der Waals surface area contributed by atoms with Gasteiger partial charge in [0.25, 0.3) is 0 Å². The van der Waals surface area contributed by atoms with E-state index >= 15 is 0 Å². The zero-order valence-electron chi connectivity index (χ0n) is 13.4. The second-order valence-electron chi connectivity index (χ2n) is 5.65. The molecule has 3 rings (SSSR count). The molecule has 0 aliphatic carbocycles. The maximum absolute atomic E-state index is 13.7.